The minimum atomic E-state index is -1.99. The van der Waals surface area contributed by atoms with E-state index in [1.807, 2.05) is 0 Å². The van der Waals surface area contributed by atoms with Crippen LogP contribution in [0.15, 0.2) is 34.8 Å². The second-order valence-corrected chi connectivity index (χ2v) is 10.7. The number of nitro groups is 1. The Balaban J connectivity index is 1.33. The number of nitrogens with one attached hydrogen (secondary N) is 1. The first-order valence-corrected chi connectivity index (χ1v) is 13.3. The van der Waals surface area contributed by atoms with Crippen molar-refractivity contribution in [2.24, 2.45) is 11.1 Å². The summed E-state index contributed by atoms with van der Waals surface area (Å²) in [7, 11) is 1.25. The number of hydrogen-bond donors (Lipinski definition) is 2. The lowest BCUT2D eigenvalue weighted by atomic mass is 9.89. The summed E-state index contributed by atoms with van der Waals surface area (Å²) in [4.78, 5) is 72.2. The molecular formula is C22H20N6O9S2. The van der Waals surface area contributed by atoms with Crippen LogP contribution >= 0.6 is 23.1 Å². The number of hydrogen-bond acceptors (Lipinski definition) is 14. The van der Waals surface area contributed by atoms with E-state index in [1.165, 1.54) is 48.5 Å². The quantitative estimate of drug-likeness (QED) is 0.144. The van der Waals surface area contributed by atoms with E-state index >= 15 is 0 Å². The molecule has 3 N–H and O–H groups in total. The third-order valence-corrected chi connectivity index (χ3v) is 8.46. The lowest BCUT2D eigenvalue weighted by Crippen LogP contribution is -2.80. The Hall–Kier alpha value is -4.25. The van der Waals surface area contributed by atoms with Crippen molar-refractivity contribution >= 4 is 63.4 Å². The second kappa shape index (κ2) is 10.1. The normalized spacial score (nSPS) is 25.6. The van der Waals surface area contributed by atoms with Crippen molar-refractivity contribution in [2.75, 3.05) is 18.6 Å². The number of carbonyl (C=O) groups excluding carboxylic acids is 4. The van der Waals surface area contributed by atoms with Crippen molar-refractivity contribution in [1.82, 2.24) is 15.2 Å². The average Bonchev–Trinajstić information content (AvgIpc) is 3.50. The molecule has 3 aliphatic rings. The number of carbonyl (C=O) groups is 4. The van der Waals surface area contributed by atoms with E-state index in [0.29, 0.717) is 5.56 Å². The molecule has 0 unspecified atom stereocenters. The van der Waals surface area contributed by atoms with Crippen LogP contribution in [0.5, 0.6) is 0 Å². The number of β-lactam (4-membered cyclic amide) rings is 1. The van der Waals surface area contributed by atoms with Gasteiger partial charge in [0.15, 0.2) is 10.8 Å². The van der Waals surface area contributed by atoms with E-state index in [9.17, 15) is 29.3 Å². The molecule has 3 aliphatic heterocycles. The first kappa shape index (κ1) is 26.4. The Morgan fingerprint density at radius 1 is 1.36 bits per heavy atom. The summed E-state index contributed by atoms with van der Waals surface area (Å²) in [5, 5.41) is 18.1. The molecule has 0 radical (unpaired) electrons. The Morgan fingerprint density at radius 2 is 2.10 bits per heavy atom. The highest BCUT2D eigenvalue weighted by Gasteiger charge is 2.71. The lowest BCUT2D eigenvalue weighted by Gasteiger charge is -2.56. The number of anilines is 1. The number of esters is 2. The van der Waals surface area contributed by atoms with Crippen molar-refractivity contribution in [3.8, 4) is 0 Å². The Morgan fingerprint density at radius 3 is 2.74 bits per heavy atom. The molecule has 4 atom stereocenters. The number of nitrogens with two attached hydrogens (primary N) is 1. The molecule has 1 aromatic carbocycles. The molecule has 2 amide bonds. The van der Waals surface area contributed by atoms with E-state index in [2.05, 4.69) is 15.5 Å². The number of fused-ring (bicyclic) bond motifs is 3. The zero-order chi connectivity index (χ0) is 27.9. The van der Waals surface area contributed by atoms with Gasteiger partial charge in [0.1, 0.15) is 30.8 Å². The molecule has 2 aromatic rings. The molecule has 0 aliphatic carbocycles. The van der Waals surface area contributed by atoms with Crippen molar-refractivity contribution < 1.29 is 38.4 Å². The van der Waals surface area contributed by atoms with Crippen LogP contribution < -0.4 is 11.1 Å². The van der Waals surface area contributed by atoms with Crippen LogP contribution in [0.3, 0.4) is 0 Å². The highest BCUT2D eigenvalue weighted by Crippen LogP contribution is 2.51. The van der Waals surface area contributed by atoms with Gasteiger partial charge in [0.2, 0.25) is 0 Å². The molecule has 17 heteroatoms. The van der Waals surface area contributed by atoms with Gasteiger partial charge in [-0.3, -0.25) is 29.4 Å². The predicted molar refractivity (Wildman–Crippen MR) is 135 cm³/mol. The van der Waals surface area contributed by atoms with Gasteiger partial charge in [-0.1, -0.05) is 5.16 Å². The zero-order valence-corrected chi connectivity index (χ0v) is 21.7. The number of non-ortho nitro benzene ring substituents is 1. The van der Waals surface area contributed by atoms with Crippen LogP contribution in [0, 0.1) is 16.0 Å². The SMILES string of the molecule is CO/N=C(\C(=O)N[C@@H]1C(=O)N2[C@@H]1SC[C@H]1CC(=O)O[C@@]12C(=O)OCc1ccc([N+](=O)[O-])cc1)c1csc(N)n1. The molecule has 204 valence electrons. The molecule has 5 rings (SSSR count). The number of amides is 2. The number of nitro benzene ring substituents is 1. The van der Waals surface area contributed by atoms with E-state index in [4.69, 9.17) is 20.0 Å². The van der Waals surface area contributed by atoms with E-state index < -0.39 is 51.7 Å². The smallest absolute Gasteiger partial charge is 0.373 e. The monoisotopic (exact) mass is 576 g/mol. The standard InChI is InChI=1S/C22H20N6O9S2/c1-35-26-15(13-9-39-21(23)24-13)17(30)25-16-18(31)27-19(16)38-8-11-6-14(29)37-22(11,27)20(32)36-7-10-2-4-12(5-3-10)28(33)34/h2-5,9,11,16,19H,6-8H2,1H3,(H2,23,24)(H,25,30)/b26-15-/t11-,16-,19-,22-/m1/s1. The number of rotatable bonds is 8. The first-order valence-electron chi connectivity index (χ1n) is 11.4. The average molecular weight is 577 g/mol. The number of nitrogen functional groups attached to an aromatic ring is 1. The minimum absolute atomic E-state index is 0.0942. The minimum Gasteiger partial charge on any atom is -0.456 e. The van der Waals surface area contributed by atoms with Gasteiger partial charge in [-0.15, -0.1) is 23.1 Å². The van der Waals surface area contributed by atoms with Crippen LogP contribution in [0.25, 0.3) is 0 Å². The van der Waals surface area contributed by atoms with Gasteiger partial charge >= 0.3 is 11.9 Å². The number of thiazole rings is 1. The molecule has 0 bridgehead atoms. The fourth-order valence-electron chi connectivity index (χ4n) is 4.57. The summed E-state index contributed by atoms with van der Waals surface area (Å²) in [6.07, 6.45) is -0.0942. The van der Waals surface area contributed by atoms with Crippen LogP contribution in [0.2, 0.25) is 0 Å². The molecule has 1 aromatic heterocycles. The van der Waals surface area contributed by atoms with Crippen LogP contribution in [-0.2, 0) is 40.1 Å². The van der Waals surface area contributed by atoms with E-state index in [1.54, 1.807) is 0 Å². The number of oxime groups is 1. The highest BCUT2D eigenvalue weighted by molar-refractivity contribution is 8.00. The zero-order valence-electron chi connectivity index (χ0n) is 20.1. The second-order valence-electron chi connectivity index (χ2n) is 8.65. The van der Waals surface area contributed by atoms with Crippen LogP contribution in [-0.4, -0.2) is 74.3 Å². The summed E-state index contributed by atoms with van der Waals surface area (Å²) in [5.41, 5.74) is 3.96. The molecule has 0 saturated carbocycles. The van der Waals surface area contributed by atoms with Crippen molar-refractivity contribution in [3.05, 3.63) is 51.0 Å². The maximum Gasteiger partial charge on any atom is 0.373 e. The van der Waals surface area contributed by atoms with E-state index in [-0.39, 0.29) is 41.0 Å². The Kier molecular flexibility index (Phi) is 6.85. The van der Waals surface area contributed by atoms with Gasteiger partial charge in [-0.25, -0.2) is 9.78 Å². The molecule has 3 saturated heterocycles. The third-order valence-electron chi connectivity index (χ3n) is 6.36. The molecule has 39 heavy (non-hydrogen) atoms. The predicted octanol–water partition coefficient (Wildman–Crippen LogP) is 0.387. The maximum absolute atomic E-state index is 13.4. The summed E-state index contributed by atoms with van der Waals surface area (Å²) in [6.45, 7) is -0.267. The third kappa shape index (κ3) is 4.52. The van der Waals surface area contributed by atoms with Gasteiger partial charge in [0, 0.05) is 29.2 Å². The van der Waals surface area contributed by atoms with Crippen molar-refractivity contribution in [1.29, 1.82) is 0 Å². The van der Waals surface area contributed by atoms with E-state index in [0.717, 1.165) is 16.2 Å². The summed E-state index contributed by atoms with van der Waals surface area (Å²) in [5.74, 6) is -3.40. The molecular weight excluding hydrogens is 556 g/mol. The fourth-order valence-corrected chi connectivity index (χ4v) is 6.67. The summed E-state index contributed by atoms with van der Waals surface area (Å²) < 4.78 is 10.9. The topological polar surface area (TPSA) is 206 Å². The number of thioether (sulfide) groups is 1. The van der Waals surface area contributed by atoms with Crippen molar-refractivity contribution in [2.45, 2.75) is 30.2 Å². The largest absolute Gasteiger partial charge is 0.456 e. The van der Waals surface area contributed by atoms with Gasteiger partial charge < -0.3 is 25.4 Å². The maximum atomic E-state index is 13.4. The first-order chi connectivity index (χ1) is 18.6. The van der Waals surface area contributed by atoms with Crippen LogP contribution in [0.1, 0.15) is 17.7 Å². The fraction of sp³-hybridized carbons (Fsp3) is 0.364. The molecule has 4 heterocycles. The number of aromatic nitrogens is 1. The van der Waals surface area contributed by atoms with Gasteiger partial charge in [0.05, 0.1) is 11.3 Å². The Labute approximate surface area is 227 Å². The highest BCUT2D eigenvalue weighted by atomic mass is 32.2. The van der Waals surface area contributed by atoms with Gasteiger partial charge in [-0.05, 0) is 17.7 Å². The number of benzene rings is 1. The van der Waals surface area contributed by atoms with Crippen molar-refractivity contribution in [3.63, 3.8) is 0 Å². The van der Waals surface area contributed by atoms with Gasteiger partial charge in [-0.2, -0.15) is 0 Å². The summed E-state index contributed by atoms with van der Waals surface area (Å²) >= 11 is 2.38. The molecule has 3 fully saturated rings. The molecule has 15 nitrogen and oxygen atoms in total. The van der Waals surface area contributed by atoms with Crippen LogP contribution in [0.4, 0.5) is 10.8 Å². The lowest BCUT2D eigenvalue weighted by molar-refractivity contribution is -0.384. The van der Waals surface area contributed by atoms with Gasteiger partial charge in [0.25, 0.3) is 23.2 Å². The summed E-state index contributed by atoms with van der Waals surface area (Å²) in [6, 6.07) is 4.33. The number of ether oxygens (including phenoxy) is 2. The number of nitrogens with zero attached hydrogens (tertiary/aromatic N) is 4. The Bertz CT molecular complexity index is 1400. The molecule has 0 spiro atoms.